The summed E-state index contributed by atoms with van der Waals surface area (Å²) in [5, 5.41) is 21.9. The van der Waals surface area contributed by atoms with Crippen LogP contribution in [0.25, 0.3) is 0 Å². The maximum atomic E-state index is 11.6. The zero-order valence-corrected chi connectivity index (χ0v) is 16.5. The summed E-state index contributed by atoms with van der Waals surface area (Å²) in [4.78, 5) is 27.1. The number of aromatic carboxylic acids is 1. The average Bonchev–Trinajstić information content (AvgIpc) is 3.38. The van der Waals surface area contributed by atoms with Crippen molar-refractivity contribution in [2.24, 2.45) is 0 Å². The summed E-state index contributed by atoms with van der Waals surface area (Å²) < 4.78 is 0. The second kappa shape index (κ2) is 7.85. The minimum absolute atomic E-state index is 0.0934. The van der Waals surface area contributed by atoms with E-state index in [4.69, 9.17) is 5.26 Å². The maximum absolute atomic E-state index is 11.6. The zero-order valence-electron chi connectivity index (χ0n) is 15.7. The van der Waals surface area contributed by atoms with Gasteiger partial charge in [0.05, 0.1) is 12.2 Å². The number of rotatable bonds is 5. The fourth-order valence-electron chi connectivity index (χ4n) is 3.37. The van der Waals surface area contributed by atoms with Gasteiger partial charge < -0.3 is 15.3 Å². The van der Waals surface area contributed by atoms with Crippen molar-refractivity contribution in [3.8, 4) is 6.07 Å². The highest BCUT2D eigenvalue weighted by molar-refractivity contribution is 7.16. The van der Waals surface area contributed by atoms with Gasteiger partial charge in [0, 0.05) is 12.6 Å². The Morgan fingerprint density at radius 2 is 2.14 bits per heavy atom. The zero-order chi connectivity index (χ0) is 20.4. The third kappa shape index (κ3) is 4.02. The van der Waals surface area contributed by atoms with Gasteiger partial charge in [0.25, 0.3) is 0 Å². The summed E-state index contributed by atoms with van der Waals surface area (Å²) in [5.41, 5.74) is 2.25. The molecule has 0 spiro atoms. The Morgan fingerprint density at radius 1 is 1.34 bits per heavy atom. The van der Waals surface area contributed by atoms with Crippen molar-refractivity contribution in [2.75, 3.05) is 16.8 Å². The van der Waals surface area contributed by atoms with Crippen molar-refractivity contribution >= 4 is 34.2 Å². The Hall–Kier alpha value is -3.51. The number of hydrogen-bond acceptors (Lipinski definition) is 8. The molecule has 1 aliphatic rings. The van der Waals surface area contributed by atoms with E-state index in [1.165, 1.54) is 29.2 Å². The molecule has 29 heavy (non-hydrogen) atoms. The summed E-state index contributed by atoms with van der Waals surface area (Å²) in [6.45, 7) is 2.79. The first kappa shape index (κ1) is 18.8. The lowest BCUT2D eigenvalue weighted by Gasteiger charge is -2.25. The van der Waals surface area contributed by atoms with Crippen molar-refractivity contribution in [1.29, 1.82) is 5.26 Å². The van der Waals surface area contributed by atoms with Crippen LogP contribution in [-0.4, -0.2) is 32.6 Å². The van der Waals surface area contributed by atoms with Gasteiger partial charge in [-0.3, -0.25) is 0 Å². The molecule has 8 nitrogen and oxygen atoms in total. The molecule has 0 bridgehead atoms. The van der Waals surface area contributed by atoms with Crippen molar-refractivity contribution < 1.29 is 9.90 Å². The van der Waals surface area contributed by atoms with Gasteiger partial charge in [-0.25, -0.2) is 14.8 Å². The van der Waals surface area contributed by atoms with E-state index in [1.807, 2.05) is 17.9 Å². The molecule has 1 aromatic carbocycles. The fourth-order valence-corrected chi connectivity index (χ4v) is 3.99. The SMILES string of the molecule is Cc1ccc(C2CCCN2c2nc(Nc3ncc(C#N)s3)cc(C(=O)O)n2)cc1. The molecule has 3 heterocycles. The first-order valence-electron chi connectivity index (χ1n) is 9.12. The summed E-state index contributed by atoms with van der Waals surface area (Å²) in [5.74, 6) is -0.423. The molecule has 2 N–H and O–H groups in total. The van der Waals surface area contributed by atoms with Gasteiger partial charge in [-0.05, 0) is 25.3 Å². The molecule has 9 heteroatoms. The second-order valence-electron chi connectivity index (χ2n) is 6.77. The van der Waals surface area contributed by atoms with Crippen LogP contribution in [0, 0.1) is 18.3 Å². The number of nitriles is 1. The number of benzene rings is 1. The molecule has 1 saturated heterocycles. The molecule has 1 fully saturated rings. The molecular formula is C20H18N6O2S. The van der Waals surface area contributed by atoms with E-state index in [1.54, 1.807) is 0 Å². The van der Waals surface area contributed by atoms with Crippen LogP contribution in [0.15, 0.2) is 36.5 Å². The third-order valence-electron chi connectivity index (χ3n) is 4.76. The molecule has 1 unspecified atom stereocenters. The molecule has 146 valence electrons. The van der Waals surface area contributed by atoms with E-state index in [0.29, 0.717) is 21.8 Å². The molecule has 4 rings (SSSR count). The van der Waals surface area contributed by atoms with E-state index in [2.05, 4.69) is 44.5 Å². The van der Waals surface area contributed by atoms with E-state index < -0.39 is 5.97 Å². The Bertz CT molecular complexity index is 1090. The van der Waals surface area contributed by atoms with E-state index in [-0.39, 0.29) is 11.7 Å². The van der Waals surface area contributed by atoms with Gasteiger partial charge in [0.1, 0.15) is 16.8 Å². The van der Waals surface area contributed by atoms with Crippen LogP contribution in [0.2, 0.25) is 0 Å². The first-order chi connectivity index (χ1) is 14.0. The number of carboxylic acid groups (broad SMARTS) is 1. The Labute approximate surface area is 171 Å². The van der Waals surface area contributed by atoms with Crippen LogP contribution in [0.3, 0.4) is 0 Å². The van der Waals surface area contributed by atoms with E-state index >= 15 is 0 Å². The van der Waals surface area contributed by atoms with Gasteiger partial charge in [-0.15, -0.1) is 0 Å². The summed E-state index contributed by atoms with van der Waals surface area (Å²) >= 11 is 1.17. The van der Waals surface area contributed by atoms with Crippen LogP contribution >= 0.6 is 11.3 Å². The quantitative estimate of drug-likeness (QED) is 0.656. The highest BCUT2D eigenvalue weighted by Crippen LogP contribution is 2.35. The molecule has 1 atom stereocenters. The minimum Gasteiger partial charge on any atom is -0.477 e. The van der Waals surface area contributed by atoms with Crippen LogP contribution in [-0.2, 0) is 0 Å². The molecule has 0 amide bonds. The highest BCUT2D eigenvalue weighted by atomic mass is 32.1. The summed E-state index contributed by atoms with van der Waals surface area (Å²) in [6.07, 6.45) is 3.38. The van der Waals surface area contributed by atoms with Crippen LogP contribution in [0.5, 0.6) is 0 Å². The lowest BCUT2D eigenvalue weighted by molar-refractivity contribution is 0.0690. The number of carboxylic acids is 1. The van der Waals surface area contributed by atoms with Gasteiger partial charge in [0.15, 0.2) is 10.8 Å². The fraction of sp³-hybridized carbons (Fsp3) is 0.250. The number of anilines is 3. The summed E-state index contributed by atoms with van der Waals surface area (Å²) in [6, 6.07) is 11.8. The van der Waals surface area contributed by atoms with Gasteiger partial charge >= 0.3 is 5.97 Å². The van der Waals surface area contributed by atoms with E-state index in [0.717, 1.165) is 24.9 Å². The van der Waals surface area contributed by atoms with Crippen molar-refractivity contribution in [1.82, 2.24) is 15.0 Å². The molecule has 0 radical (unpaired) electrons. The average molecular weight is 406 g/mol. The molecule has 1 aliphatic heterocycles. The number of carbonyl (C=O) groups is 1. The maximum Gasteiger partial charge on any atom is 0.354 e. The predicted molar refractivity (Wildman–Crippen MR) is 110 cm³/mol. The highest BCUT2D eigenvalue weighted by Gasteiger charge is 2.29. The van der Waals surface area contributed by atoms with Crippen molar-refractivity contribution in [3.63, 3.8) is 0 Å². The van der Waals surface area contributed by atoms with Gasteiger partial charge in [0.2, 0.25) is 5.95 Å². The molecule has 0 saturated carbocycles. The number of aromatic nitrogens is 3. The lowest BCUT2D eigenvalue weighted by atomic mass is 10.0. The Balaban J connectivity index is 1.68. The lowest BCUT2D eigenvalue weighted by Crippen LogP contribution is -2.25. The normalized spacial score (nSPS) is 15.9. The van der Waals surface area contributed by atoms with Crippen molar-refractivity contribution in [3.05, 3.63) is 58.2 Å². The van der Waals surface area contributed by atoms with E-state index in [9.17, 15) is 9.90 Å². The van der Waals surface area contributed by atoms with Crippen molar-refractivity contribution in [2.45, 2.75) is 25.8 Å². The smallest absolute Gasteiger partial charge is 0.354 e. The molecular weight excluding hydrogens is 388 g/mol. The second-order valence-corrected chi connectivity index (χ2v) is 7.80. The topological polar surface area (TPSA) is 115 Å². The Morgan fingerprint density at radius 3 is 2.83 bits per heavy atom. The predicted octanol–water partition coefficient (Wildman–Crippen LogP) is 3.90. The molecule has 3 aromatic rings. The third-order valence-corrected chi connectivity index (χ3v) is 5.57. The van der Waals surface area contributed by atoms with Crippen LogP contribution in [0.4, 0.5) is 16.9 Å². The van der Waals surface area contributed by atoms with Crippen LogP contribution < -0.4 is 10.2 Å². The summed E-state index contributed by atoms with van der Waals surface area (Å²) in [7, 11) is 0. The number of hydrogen-bond donors (Lipinski definition) is 2. The standard InChI is InChI=1S/C20H18N6O2S/c1-12-4-6-13(7-5-12)16-3-2-8-26(16)19-23-15(18(27)28)9-17(24-19)25-20-22-11-14(10-21)29-20/h4-7,9,11,16H,2-3,8H2,1H3,(H,27,28)(H,22,23,24,25). The van der Waals surface area contributed by atoms with Crippen LogP contribution in [0.1, 0.15) is 45.4 Å². The number of thiazole rings is 1. The molecule has 0 aliphatic carbocycles. The largest absolute Gasteiger partial charge is 0.477 e. The first-order valence-corrected chi connectivity index (χ1v) is 9.93. The minimum atomic E-state index is -1.13. The molecule has 2 aromatic heterocycles. The number of nitrogens with zero attached hydrogens (tertiary/aromatic N) is 5. The number of aryl methyl sites for hydroxylation is 1. The Kier molecular flexibility index (Phi) is 5.10. The van der Waals surface area contributed by atoms with Gasteiger partial charge in [-0.2, -0.15) is 10.2 Å². The monoisotopic (exact) mass is 406 g/mol. The van der Waals surface area contributed by atoms with Gasteiger partial charge in [-0.1, -0.05) is 41.2 Å². The number of nitrogens with one attached hydrogen (secondary N) is 1.